The van der Waals surface area contributed by atoms with Gasteiger partial charge in [0.2, 0.25) is 0 Å². The van der Waals surface area contributed by atoms with Crippen LogP contribution < -0.4 is 4.90 Å². The minimum Gasteiger partial charge on any atom is -0.324 e. The molecule has 0 saturated heterocycles. The molecule has 0 N–H and O–H groups in total. The number of anilines is 1. The van der Waals surface area contributed by atoms with Crippen LogP contribution in [-0.4, -0.2) is 23.6 Å². The van der Waals surface area contributed by atoms with E-state index >= 15 is 0 Å². The van der Waals surface area contributed by atoms with Gasteiger partial charge in [-0.2, -0.15) is 5.26 Å². The molecule has 1 aromatic heterocycles. The van der Waals surface area contributed by atoms with Crippen LogP contribution in [0.1, 0.15) is 10.4 Å². The molecule has 0 bridgehead atoms. The summed E-state index contributed by atoms with van der Waals surface area (Å²) in [6.45, 7) is 0.121. The van der Waals surface area contributed by atoms with Crippen LogP contribution in [0.3, 0.4) is 0 Å². The van der Waals surface area contributed by atoms with E-state index in [1.807, 2.05) is 6.07 Å². The molecule has 5 nitrogen and oxygen atoms in total. The zero-order valence-corrected chi connectivity index (χ0v) is 8.25. The lowest BCUT2D eigenvalue weighted by Gasteiger charge is -2.12. The van der Waals surface area contributed by atoms with Crippen molar-refractivity contribution < 1.29 is 9.59 Å². The molecule has 0 radical (unpaired) electrons. The van der Waals surface area contributed by atoms with Crippen molar-refractivity contribution in [2.45, 2.75) is 0 Å². The average molecular weight is 213 g/mol. The number of nitriles is 1. The van der Waals surface area contributed by atoms with Gasteiger partial charge in [-0.1, -0.05) is 0 Å². The SMILES string of the molecule is N#CC1=CN(c2ccc(C=O)cn2)CC1=O. The van der Waals surface area contributed by atoms with Gasteiger partial charge in [-0.05, 0) is 12.1 Å². The Morgan fingerprint density at radius 1 is 1.50 bits per heavy atom. The molecule has 1 aromatic rings. The lowest BCUT2D eigenvalue weighted by molar-refractivity contribution is -0.113. The number of rotatable bonds is 2. The van der Waals surface area contributed by atoms with Crippen LogP contribution in [0.5, 0.6) is 0 Å². The Hall–Kier alpha value is -2.48. The number of pyridine rings is 1. The maximum absolute atomic E-state index is 11.3. The second-order valence-electron chi connectivity index (χ2n) is 3.27. The van der Waals surface area contributed by atoms with E-state index in [4.69, 9.17) is 5.26 Å². The molecule has 0 unspecified atom stereocenters. The van der Waals surface area contributed by atoms with Crippen LogP contribution >= 0.6 is 0 Å². The van der Waals surface area contributed by atoms with Gasteiger partial charge in [-0.25, -0.2) is 4.98 Å². The molecule has 0 spiro atoms. The van der Waals surface area contributed by atoms with Crippen molar-refractivity contribution in [1.82, 2.24) is 4.98 Å². The van der Waals surface area contributed by atoms with E-state index in [1.54, 1.807) is 17.0 Å². The summed E-state index contributed by atoms with van der Waals surface area (Å²) in [5, 5.41) is 8.65. The van der Waals surface area contributed by atoms with Crippen molar-refractivity contribution in [3.8, 4) is 6.07 Å². The number of ketones is 1. The highest BCUT2D eigenvalue weighted by atomic mass is 16.1. The predicted molar refractivity (Wildman–Crippen MR) is 55.7 cm³/mol. The lowest BCUT2D eigenvalue weighted by Crippen LogP contribution is -2.18. The number of aromatic nitrogens is 1. The second-order valence-corrected chi connectivity index (χ2v) is 3.27. The van der Waals surface area contributed by atoms with Crippen LogP contribution in [0, 0.1) is 11.3 Å². The smallest absolute Gasteiger partial charge is 0.194 e. The maximum atomic E-state index is 11.3. The van der Waals surface area contributed by atoms with Crippen molar-refractivity contribution in [2.24, 2.45) is 0 Å². The molecule has 0 aliphatic carbocycles. The van der Waals surface area contributed by atoms with Crippen LogP contribution in [-0.2, 0) is 4.79 Å². The first-order valence-electron chi connectivity index (χ1n) is 4.57. The zero-order chi connectivity index (χ0) is 11.5. The fraction of sp³-hybridized carbons (Fsp3) is 0.0909. The summed E-state index contributed by atoms with van der Waals surface area (Å²) in [5.74, 6) is 0.327. The van der Waals surface area contributed by atoms with E-state index < -0.39 is 0 Å². The zero-order valence-electron chi connectivity index (χ0n) is 8.25. The van der Waals surface area contributed by atoms with Gasteiger partial charge in [0, 0.05) is 18.0 Å². The molecule has 0 aromatic carbocycles. The number of Topliss-reactive ketones (excluding diaryl/α,β-unsaturated/α-hetero) is 1. The molecule has 2 heterocycles. The summed E-state index contributed by atoms with van der Waals surface area (Å²) in [6, 6.07) is 5.06. The number of hydrogen-bond acceptors (Lipinski definition) is 5. The summed E-state index contributed by atoms with van der Waals surface area (Å²) >= 11 is 0. The minimum atomic E-state index is -0.219. The first-order chi connectivity index (χ1) is 7.74. The number of hydrogen-bond donors (Lipinski definition) is 0. The van der Waals surface area contributed by atoms with E-state index in [1.165, 1.54) is 12.4 Å². The van der Waals surface area contributed by atoms with Crippen LogP contribution in [0.2, 0.25) is 0 Å². The van der Waals surface area contributed by atoms with Crippen molar-refractivity contribution in [3.63, 3.8) is 0 Å². The minimum absolute atomic E-state index is 0.121. The molecule has 16 heavy (non-hydrogen) atoms. The third-order valence-corrected chi connectivity index (χ3v) is 2.22. The average Bonchev–Trinajstić information content (AvgIpc) is 2.71. The fourth-order valence-corrected chi connectivity index (χ4v) is 1.39. The summed E-state index contributed by atoms with van der Waals surface area (Å²) in [4.78, 5) is 27.3. The molecule has 0 amide bonds. The quantitative estimate of drug-likeness (QED) is 0.676. The number of nitrogens with zero attached hydrogens (tertiary/aromatic N) is 3. The van der Waals surface area contributed by atoms with Crippen molar-refractivity contribution >= 4 is 17.9 Å². The van der Waals surface area contributed by atoms with Gasteiger partial charge in [0.15, 0.2) is 12.1 Å². The summed E-state index contributed by atoms with van der Waals surface area (Å²) in [7, 11) is 0. The normalized spacial score (nSPS) is 14.6. The van der Waals surface area contributed by atoms with E-state index in [0.717, 1.165) is 0 Å². The van der Waals surface area contributed by atoms with E-state index in [2.05, 4.69) is 4.98 Å². The summed E-state index contributed by atoms with van der Waals surface area (Å²) < 4.78 is 0. The number of aldehydes is 1. The Bertz CT molecular complexity index is 511. The third-order valence-electron chi connectivity index (χ3n) is 2.22. The molecule has 2 rings (SSSR count). The molecule has 0 fully saturated rings. The Morgan fingerprint density at radius 3 is 2.81 bits per heavy atom. The number of carbonyl (C=O) groups is 2. The Balaban J connectivity index is 2.27. The van der Waals surface area contributed by atoms with Gasteiger partial charge < -0.3 is 4.90 Å². The van der Waals surface area contributed by atoms with E-state index in [0.29, 0.717) is 17.7 Å². The summed E-state index contributed by atoms with van der Waals surface area (Å²) in [5.41, 5.74) is 0.597. The highest BCUT2D eigenvalue weighted by molar-refractivity contribution is 6.05. The van der Waals surface area contributed by atoms with Crippen molar-refractivity contribution in [1.29, 1.82) is 5.26 Å². The Morgan fingerprint density at radius 2 is 2.31 bits per heavy atom. The molecule has 1 aliphatic rings. The van der Waals surface area contributed by atoms with Gasteiger partial charge in [0.1, 0.15) is 17.5 Å². The topological polar surface area (TPSA) is 74.1 Å². The maximum Gasteiger partial charge on any atom is 0.194 e. The van der Waals surface area contributed by atoms with E-state index in [-0.39, 0.29) is 17.9 Å². The first-order valence-corrected chi connectivity index (χ1v) is 4.57. The molecule has 78 valence electrons. The molecular weight excluding hydrogens is 206 g/mol. The second kappa shape index (κ2) is 3.95. The third kappa shape index (κ3) is 1.68. The van der Waals surface area contributed by atoms with Crippen LogP contribution in [0.25, 0.3) is 0 Å². The van der Waals surface area contributed by atoms with Gasteiger partial charge in [0.05, 0.1) is 6.54 Å². The Kier molecular flexibility index (Phi) is 2.48. The lowest BCUT2D eigenvalue weighted by atomic mass is 10.2. The van der Waals surface area contributed by atoms with E-state index in [9.17, 15) is 9.59 Å². The van der Waals surface area contributed by atoms with Crippen LogP contribution in [0.4, 0.5) is 5.82 Å². The molecule has 1 aliphatic heterocycles. The standard InChI is InChI=1S/C11H7N3O2/c12-3-9-5-14(6-10(9)16)11-2-1-8(7-15)4-13-11/h1-2,4-5,7H,6H2. The highest BCUT2D eigenvalue weighted by Crippen LogP contribution is 2.18. The first kappa shape index (κ1) is 10.1. The molecule has 0 saturated carbocycles. The van der Waals surface area contributed by atoms with Gasteiger partial charge in [-0.3, -0.25) is 9.59 Å². The van der Waals surface area contributed by atoms with Crippen LogP contribution in [0.15, 0.2) is 30.1 Å². The molecular formula is C11H7N3O2. The summed E-state index contributed by atoms with van der Waals surface area (Å²) in [6.07, 6.45) is 3.58. The number of carbonyl (C=O) groups excluding carboxylic acids is 2. The fourth-order valence-electron chi connectivity index (χ4n) is 1.39. The largest absolute Gasteiger partial charge is 0.324 e. The molecule has 5 heteroatoms. The van der Waals surface area contributed by atoms with Gasteiger partial charge in [-0.15, -0.1) is 0 Å². The van der Waals surface area contributed by atoms with Gasteiger partial charge >= 0.3 is 0 Å². The highest BCUT2D eigenvalue weighted by Gasteiger charge is 2.22. The monoisotopic (exact) mass is 213 g/mol. The van der Waals surface area contributed by atoms with Crippen molar-refractivity contribution in [2.75, 3.05) is 11.4 Å². The predicted octanol–water partition coefficient (Wildman–Crippen LogP) is 0.691. The van der Waals surface area contributed by atoms with Crippen molar-refractivity contribution in [3.05, 3.63) is 35.7 Å². The van der Waals surface area contributed by atoms with Gasteiger partial charge in [0.25, 0.3) is 0 Å². The molecule has 0 atom stereocenters. The Labute approximate surface area is 91.6 Å².